The van der Waals surface area contributed by atoms with Gasteiger partial charge in [0.25, 0.3) is 0 Å². The molecule has 0 aliphatic heterocycles. The van der Waals surface area contributed by atoms with Gasteiger partial charge >= 0.3 is 0 Å². The molecule has 1 N–H and O–H groups in total. The number of benzene rings is 2. The molecule has 1 atom stereocenters. The number of anilines is 1. The van der Waals surface area contributed by atoms with Gasteiger partial charge in [0.1, 0.15) is 28.5 Å². The van der Waals surface area contributed by atoms with Crippen molar-refractivity contribution in [3.63, 3.8) is 0 Å². The lowest BCUT2D eigenvalue weighted by Crippen LogP contribution is -2.12. The van der Waals surface area contributed by atoms with Gasteiger partial charge in [0.2, 0.25) is 14.2 Å². The number of rotatable bonds is 6. The molecule has 0 unspecified atom stereocenters. The molecule has 0 spiro atoms. The number of thiazole rings is 1. The Balaban J connectivity index is 1.96. The lowest BCUT2D eigenvalue weighted by atomic mass is 10.0. The first-order chi connectivity index (χ1) is 13.2. The van der Waals surface area contributed by atoms with Gasteiger partial charge in [-0.05, 0) is 36.2 Å². The molecule has 2 aromatic carbocycles. The van der Waals surface area contributed by atoms with Crippen LogP contribution in [0.4, 0.5) is 18.9 Å². The van der Waals surface area contributed by atoms with Crippen LogP contribution in [0.15, 0.2) is 44.9 Å². The second-order valence-electron chi connectivity index (χ2n) is 5.82. The predicted molar refractivity (Wildman–Crippen MR) is 101 cm³/mol. The maximum Gasteiger partial charge on any atom is 0.236 e. The van der Waals surface area contributed by atoms with Gasteiger partial charge in [-0.25, -0.2) is 26.6 Å². The number of nitrogens with zero attached hydrogens (tertiary/aromatic N) is 1. The summed E-state index contributed by atoms with van der Waals surface area (Å²) in [4.78, 5) is 2.97. The molecule has 0 aliphatic rings. The number of sulfone groups is 1. The minimum absolute atomic E-state index is 0.0594. The predicted octanol–water partition coefficient (Wildman–Crippen LogP) is 5.41. The first-order valence-electron chi connectivity index (χ1n) is 8.00. The van der Waals surface area contributed by atoms with E-state index in [-0.39, 0.29) is 15.0 Å². The largest absolute Gasteiger partial charge is 0.377 e. The summed E-state index contributed by atoms with van der Waals surface area (Å²) >= 11 is 6.96. The van der Waals surface area contributed by atoms with Crippen LogP contribution in [-0.2, 0) is 9.84 Å². The molecule has 3 aromatic rings. The molecule has 0 saturated carbocycles. The summed E-state index contributed by atoms with van der Waals surface area (Å²) < 4.78 is 66.2. The van der Waals surface area contributed by atoms with E-state index < -0.39 is 38.2 Å². The minimum atomic E-state index is -4.17. The van der Waals surface area contributed by atoms with Crippen LogP contribution >= 0.6 is 22.9 Å². The van der Waals surface area contributed by atoms with Crippen molar-refractivity contribution < 1.29 is 21.6 Å². The molecular weight excluding hydrogens is 433 g/mol. The van der Waals surface area contributed by atoms with Gasteiger partial charge in [-0.2, -0.15) is 0 Å². The van der Waals surface area contributed by atoms with Crippen molar-refractivity contribution in [2.75, 3.05) is 5.32 Å². The van der Waals surface area contributed by atoms with Crippen LogP contribution in [0.25, 0.3) is 0 Å². The zero-order valence-electron chi connectivity index (χ0n) is 14.3. The first-order valence-corrected chi connectivity index (χ1v) is 10.7. The van der Waals surface area contributed by atoms with E-state index in [1.54, 1.807) is 6.92 Å². The SMILES string of the molecule is CC[C@H](Nc1cc(F)c(S(=O)(=O)c2n[c]cs2)cc1Cl)c1cc(F)cc(F)c1. The topological polar surface area (TPSA) is 59.1 Å². The molecule has 0 bridgehead atoms. The Bertz CT molecular complexity index is 1090. The highest BCUT2D eigenvalue weighted by Gasteiger charge is 2.26. The van der Waals surface area contributed by atoms with Crippen LogP contribution in [0.3, 0.4) is 0 Å². The summed E-state index contributed by atoms with van der Waals surface area (Å²) in [5, 5.41) is 4.18. The van der Waals surface area contributed by atoms with Crippen LogP contribution in [0.2, 0.25) is 5.02 Å². The molecule has 0 saturated heterocycles. The van der Waals surface area contributed by atoms with Crippen molar-refractivity contribution in [2.24, 2.45) is 0 Å². The standard InChI is InChI=1S/C18H13ClF3N2O2S2/c1-2-15(10-5-11(20)7-12(21)6-10)24-16-9-14(22)17(8-13(16)19)28(25,26)18-23-3-4-27-18/h4-9,15,24H,2H2,1H3/t15-/m0/s1. The Hall–Kier alpha value is -2.10. The number of nitrogens with one attached hydrogen (secondary N) is 1. The van der Waals surface area contributed by atoms with Gasteiger partial charge in [0.15, 0.2) is 0 Å². The molecule has 4 nitrogen and oxygen atoms in total. The van der Waals surface area contributed by atoms with E-state index in [9.17, 15) is 21.6 Å². The lowest BCUT2D eigenvalue weighted by molar-refractivity contribution is 0.565. The van der Waals surface area contributed by atoms with Crippen LogP contribution in [-0.4, -0.2) is 13.4 Å². The first kappa shape index (κ1) is 20.6. The van der Waals surface area contributed by atoms with Gasteiger partial charge < -0.3 is 5.32 Å². The Labute approximate surface area is 168 Å². The maximum absolute atomic E-state index is 14.6. The maximum atomic E-state index is 14.6. The van der Waals surface area contributed by atoms with Gasteiger partial charge in [-0.15, -0.1) is 11.3 Å². The molecule has 0 amide bonds. The molecule has 28 heavy (non-hydrogen) atoms. The van der Waals surface area contributed by atoms with Crippen LogP contribution < -0.4 is 5.32 Å². The zero-order valence-corrected chi connectivity index (χ0v) is 16.7. The second-order valence-corrected chi connectivity index (χ2v) is 9.17. The highest BCUT2D eigenvalue weighted by atomic mass is 35.5. The number of hydrogen-bond acceptors (Lipinski definition) is 5. The Morgan fingerprint density at radius 1 is 1.18 bits per heavy atom. The van der Waals surface area contributed by atoms with Crippen molar-refractivity contribution in [3.05, 3.63) is 69.9 Å². The Morgan fingerprint density at radius 2 is 1.86 bits per heavy atom. The Morgan fingerprint density at radius 3 is 2.43 bits per heavy atom. The molecule has 1 heterocycles. The zero-order chi connectivity index (χ0) is 20.5. The summed E-state index contributed by atoms with van der Waals surface area (Å²) in [5.74, 6) is -2.51. The highest BCUT2D eigenvalue weighted by Crippen LogP contribution is 2.34. The number of halogens is 4. The molecule has 147 valence electrons. The van der Waals surface area contributed by atoms with E-state index in [0.29, 0.717) is 12.0 Å². The van der Waals surface area contributed by atoms with E-state index in [2.05, 4.69) is 16.5 Å². The summed E-state index contributed by atoms with van der Waals surface area (Å²) in [6, 6.07) is 4.41. The lowest BCUT2D eigenvalue weighted by Gasteiger charge is -2.20. The third-order valence-corrected chi connectivity index (χ3v) is 7.15. The normalized spacial score (nSPS) is 12.8. The number of hydrogen-bond donors (Lipinski definition) is 1. The van der Waals surface area contributed by atoms with Crippen molar-refractivity contribution in [1.82, 2.24) is 4.98 Å². The number of aromatic nitrogens is 1. The fourth-order valence-electron chi connectivity index (χ4n) is 2.63. The molecule has 1 aromatic heterocycles. The van der Waals surface area contributed by atoms with Crippen molar-refractivity contribution in [1.29, 1.82) is 0 Å². The molecule has 10 heteroatoms. The fourth-order valence-corrected chi connectivity index (χ4v) is 5.09. The van der Waals surface area contributed by atoms with Gasteiger partial charge in [-0.1, -0.05) is 18.5 Å². The average molecular weight is 446 g/mol. The van der Waals surface area contributed by atoms with E-state index in [4.69, 9.17) is 11.6 Å². The second kappa shape index (κ2) is 8.10. The fraction of sp³-hybridized carbons (Fsp3) is 0.167. The highest BCUT2D eigenvalue weighted by molar-refractivity contribution is 7.93. The quantitative estimate of drug-likeness (QED) is 0.551. The van der Waals surface area contributed by atoms with Gasteiger partial charge in [0.05, 0.1) is 16.8 Å². The van der Waals surface area contributed by atoms with Crippen molar-refractivity contribution in [3.8, 4) is 0 Å². The van der Waals surface area contributed by atoms with Crippen LogP contribution in [0.5, 0.6) is 0 Å². The third kappa shape index (κ3) is 4.16. The van der Waals surface area contributed by atoms with Crippen molar-refractivity contribution in [2.45, 2.75) is 28.6 Å². The summed E-state index contributed by atoms with van der Waals surface area (Å²) in [5.41, 5.74) is 0.409. The van der Waals surface area contributed by atoms with Crippen LogP contribution in [0, 0.1) is 23.6 Å². The summed E-state index contributed by atoms with van der Waals surface area (Å²) in [6.07, 6.45) is 2.78. The van der Waals surface area contributed by atoms with Gasteiger partial charge in [-0.3, -0.25) is 0 Å². The van der Waals surface area contributed by atoms with E-state index in [1.165, 1.54) is 5.38 Å². The molecule has 0 aliphatic carbocycles. The molecule has 0 fully saturated rings. The third-order valence-electron chi connectivity index (χ3n) is 3.93. The molecular formula is C18H13ClF3N2O2S2. The summed E-state index contributed by atoms with van der Waals surface area (Å²) in [7, 11) is -4.17. The van der Waals surface area contributed by atoms with E-state index in [0.717, 1.165) is 41.7 Å². The van der Waals surface area contributed by atoms with E-state index in [1.807, 2.05) is 0 Å². The summed E-state index contributed by atoms with van der Waals surface area (Å²) in [6.45, 7) is 1.77. The smallest absolute Gasteiger partial charge is 0.236 e. The van der Waals surface area contributed by atoms with Crippen LogP contribution in [0.1, 0.15) is 24.9 Å². The average Bonchev–Trinajstić information content (AvgIpc) is 3.16. The van der Waals surface area contributed by atoms with Crippen molar-refractivity contribution >= 4 is 38.5 Å². The Kier molecular flexibility index (Phi) is 5.97. The van der Waals surface area contributed by atoms with E-state index >= 15 is 0 Å². The molecule has 3 rings (SSSR count). The molecule has 1 radical (unpaired) electrons. The monoisotopic (exact) mass is 445 g/mol. The van der Waals surface area contributed by atoms with Gasteiger partial charge in [0, 0.05) is 11.4 Å². The minimum Gasteiger partial charge on any atom is -0.377 e.